The lowest BCUT2D eigenvalue weighted by Crippen LogP contribution is -2.46. The van der Waals surface area contributed by atoms with Crippen molar-refractivity contribution in [2.24, 2.45) is 0 Å². The smallest absolute Gasteiger partial charge is 0.256 e. The third-order valence-electron chi connectivity index (χ3n) is 4.95. The third-order valence-corrected chi connectivity index (χ3v) is 5.20. The number of amides is 1. The van der Waals surface area contributed by atoms with Gasteiger partial charge in [0.2, 0.25) is 0 Å². The molecule has 1 aromatic heterocycles. The number of aromatic nitrogens is 2. The van der Waals surface area contributed by atoms with Crippen LogP contribution in [0.2, 0.25) is 5.02 Å². The standard InChI is InChI=1S/C22H22ClN5O/c23-19-8-6-18(7-9-19)22(29)26-20-14-21(25-16-24-20)28-12-10-27(11-13-28)15-17-4-2-1-3-5-17/h1-9,14,16H,10-13,15H2,(H,24,25,26,29). The van der Waals surface area contributed by atoms with Crippen LogP contribution in [-0.2, 0) is 6.54 Å². The van der Waals surface area contributed by atoms with Crippen LogP contribution in [0.1, 0.15) is 15.9 Å². The fraction of sp³-hybridized carbons (Fsp3) is 0.227. The molecule has 0 unspecified atom stereocenters. The molecule has 2 heterocycles. The molecule has 1 N–H and O–H groups in total. The molecule has 1 fully saturated rings. The molecule has 1 saturated heterocycles. The Balaban J connectivity index is 1.35. The first-order valence-electron chi connectivity index (χ1n) is 9.57. The van der Waals surface area contributed by atoms with Gasteiger partial charge in [-0.1, -0.05) is 41.9 Å². The minimum Gasteiger partial charge on any atom is -0.354 e. The van der Waals surface area contributed by atoms with Gasteiger partial charge in [0.15, 0.2) is 0 Å². The molecule has 0 atom stereocenters. The molecule has 3 aromatic rings. The Labute approximate surface area is 175 Å². The zero-order valence-electron chi connectivity index (χ0n) is 16.0. The average Bonchev–Trinajstić information content (AvgIpc) is 2.76. The van der Waals surface area contributed by atoms with Crippen molar-refractivity contribution in [3.63, 3.8) is 0 Å². The molecule has 0 bridgehead atoms. The molecule has 6 nitrogen and oxygen atoms in total. The summed E-state index contributed by atoms with van der Waals surface area (Å²) in [6.45, 7) is 4.65. The Morgan fingerprint density at radius 1 is 0.966 bits per heavy atom. The van der Waals surface area contributed by atoms with Crippen LogP contribution in [0, 0.1) is 0 Å². The van der Waals surface area contributed by atoms with Crippen LogP contribution in [0.25, 0.3) is 0 Å². The zero-order valence-corrected chi connectivity index (χ0v) is 16.7. The number of halogens is 1. The van der Waals surface area contributed by atoms with E-state index >= 15 is 0 Å². The van der Waals surface area contributed by atoms with Crippen molar-refractivity contribution in [1.82, 2.24) is 14.9 Å². The van der Waals surface area contributed by atoms with E-state index in [1.807, 2.05) is 12.1 Å². The summed E-state index contributed by atoms with van der Waals surface area (Å²) < 4.78 is 0. The highest BCUT2D eigenvalue weighted by molar-refractivity contribution is 6.30. The van der Waals surface area contributed by atoms with E-state index in [4.69, 9.17) is 11.6 Å². The van der Waals surface area contributed by atoms with Crippen LogP contribution in [0.5, 0.6) is 0 Å². The molecule has 0 saturated carbocycles. The van der Waals surface area contributed by atoms with Gasteiger partial charge in [-0.2, -0.15) is 0 Å². The largest absolute Gasteiger partial charge is 0.354 e. The van der Waals surface area contributed by atoms with Crippen molar-refractivity contribution in [3.05, 3.63) is 83.1 Å². The number of hydrogen-bond donors (Lipinski definition) is 1. The number of carbonyl (C=O) groups excluding carboxylic acids is 1. The molecule has 4 rings (SSSR count). The summed E-state index contributed by atoms with van der Waals surface area (Å²) >= 11 is 5.88. The molecule has 0 spiro atoms. The van der Waals surface area contributed by atoms with E-state index in [2.05, 4.69) is 49.4 Å². The van der Waals surface area contributed by atoms with Crippen molar-refractivity contribution >= 4 is 29.1 Å². The molecular formula is C22H22ClN5O. The molecule has 1 aliphatic heterocycles. The second-order valence-electron chi connectivity index (χ2n) is 6.97. The highest BCUT2D eigenvalue weighted by atomic mass is 35.5. The van der Waals surface area contributed by atoms with Crippen molar-refractivity contribution in [1.29, 1.82) is 0 Å². The second kappa shape index (κ2) is 9.03. The van der Waals surface area contributed by atoms with E-state index in [-0.39, 0.29) is 5.91 Å². The van der Waals surface area contributed by atoms with Crippen molar-refractivity contribution < 1.29 is 4.79 Å². The molecule has 29 heavy (non-hydrogen) atoms. The molecule has 7 heteroatoms. The number of rotatable bonds is 5. The van der Waals surface area contributed by atoms with Gasteiger partial charge in [-0.05, 0) is 29.8 Å². The summed E-state index contributed by atoms with van der Waals surface area (Å²) in [5.41, 5.74) is 1.86. The fourth-order valence-electron chi connectivity index (χ4n) is 3.35. The number of nitrogens with one attached hydrogen (secondary N) is 1. The van der Waals surface area contributed by atoms with Gasteiger partial charge in [-0.15, -0.1) is 0 Å². The van der Waals surface area contributed by atoms with Gasteiger partial charge in [0.25, 0.3) is 5.91 Å². The average molecular weight is 408 g/mol. The minimum absolute atomic E-state index is 0.223. The van der Waals surface area contributed by atoms with Crippen LogP contribution in [0.3, 0.4) is 0 Å². The predicted molar refractivity (Wildman–Crippen MR) is 115 cm³/mol. The highest BCUT2D eigenvalue weighted by Crippen LogP contribution is 2.18. The predicted octanol–water partition coefficient (Wildman–Crippen LogP) is 3.70. The lowest BCUT2D eigenvalue weighted by Gasteiger charge is -2.35. The van der Waals surface area contributed by atoms with Gasteiger partial charge in [0.05, 0.1) is 0 Å². The van der Waals surface area contributed by atoms with Crippen molar-refractivity contribution in [3.8, 4) is 0 Å². The Morgan fingerprint density at radius 3 is 2.41 bits per heavy atom. The van der Waals surface area contributed by atoms with Gasteiger partial charge in [0.1, 0.15) is 18.0 Å². The highest BCUT2D eigenvalue weighted by Gasteiger charge is 2.19. The molecule has 1 aliphatic rings. The second-order valence-corrected chi connectivity index (χ2v) is 7.41. The summed E-state index contributed by atoms with van der Waals surface area (Å²) in [7, 11) is 0. The van der Waals surface area contributed by atoms with Crippen molar-refractivity contribution in [2.45, 2.75) is 6.54 Å². The van der Waals surface area contributed by atoms with E-state index in [1.165, 1.54) is 11.9 Å². The Morgan fingerprint density at radius 2 is 1.69 bits per heavy atom. The summed E-state index contributed by atoms with van der Waals surface area (Å²) in [4.78, 5) is 25.6. The molecule has 0 aliphatic carbocycles. The van der Waals surface area contributed by atoms with Crippen LogP contribution in [0.4, 0.5) is 11.6 Å². The Hall–Kier alpha value is -2.96. The Kier molecular flexibility index (Phi) is 6.03. The Bertz CT molecular complexity index is 956. The van der Waals surface area contributed by atoms with Gasteiger partial charge in [-0.3, -0.25) is 9.69 Å². The minimum atomic E-state index is -0.223. The van der Waals surface area contributed by atoms with Gasteiger partial charge in [-0.25, -0.2) is 9.97 Å². The zero-order chi connectivity index (χ0) is 20.1. The monoisotopic (exact) mass is 407 g/mol. The topological polar surface area (TPSA) is 61.4 Å². The van der Waals surface area contributed by atoms with E-state index in [9.17, 15) is 4.79 Å². The van der Waals surface area contributed by atoms with Gasteiger partial charge < -0.3 is 10.2 Å². The maximum atomic E-state index is 12.4. The third kappa shape index (κ3) is 5.10. The molecular weight excluding hydrogens is 386 g/mol. The molecule has 2 aromatic carbocycles. The number of piperazine rings is 1. The number of nitrogens with zero attached hydrogens (tertiary/aromatic N) is 4. The van der Waals surface area contributed by atoms with E-state index in [0.717, 1.165) is 38.5 Å². The van der Waals surface area contributed by atoms with Crippen molar-refractivity contribution in [2.75, 3.05) is 36.4 Å². The van der Waals surface area contributed by atoms with E-state index < -0.39 is 0 Å². The first kappa shape index (κ1) is 19.4. The SMILES string of the molecule is O=C(Nc1cc(N2CCN(Cc3ccccc3)CC2)ncn1)c1ccc(Cl)cc1. The summed E-state index contributed by atoms with van der Waals surface area (Å²) in [6.07, 6.45) is 1.49. The van der Waals surface area contributed by atoms with E-state index in [1.54, 1.807) is 24.3 Å². The van der Waals surface area contributed by atoms with Crippen LogP contribution >= 0.6 is 11.6 Å². The number of hydrogen-bond acceptors (Lipinski definition) is 5. The summed E-state index contributed by atoms with van der Waals surface area (Å²) in [5, 5.41) is 3.42. The van der Waals surface area contributed by atoms with Crippen LogP contribution in [0.15, 0.2) is 67.0 Å². The maximum Gasteiger partial charge on any atom is 0.256 e. The summed E-state index contributed by atoms with van der Waals surface area (Å²) in [5.74, 6) is 1.09. The van der Waals surface area contributed by atoms with E-state index in [0.29, 0.717) is 16.4 Å². The molecule has 0 radical (unpaired) electrons. The first-order valence-corrected chi connectivity index (χ1v) is 9.95. The fourth-order valence-corrected chi connectivity index (χ4v) is 3.48. The maximum absolute atomic E-state index is 12.4. The quantitative estimate of drug-likeness (QED) is 0.698. The number of anilines is 2. The van der Waals surface area contributed by atoms with Crippen LogP contribution in [-0.4, -0.2) is 47.0 Å². The number of carbonyl (C=O) groups is 1. The number of benzene rings is 2. The lowest BCUT2D eigenvalue weighted by atomic mass is 10.2. The first-order chi connectivity index (χ1) is 14.2. The molecule has 1 amide bonds. The molecule has 148 valence electrons. The normalized spacial score (nSPS) is 14.6. The lowest BCUT2D eigenvalue weighted by molar-refractivity contribution is 0.102. The van der Waals surface area contributed by atoms with Gasteiger partial charge in [0, 0.05) is 49.4 Å². The van der Waals surface area contributed by atoms with Crippen LogP contribution < -0.4 is 10.2 Å². The van der Waals surface area contributed by atoms with Gasteiger partial charge >= 0.3 is 0 Å². The summed E-state index contributed by atoms with van der Waals surface area (Å²) in [6, 6.07) is 19.1.